The summed E-state index contributed by atoms with van der Waals surface area (Å²) in [5, 5.41) is 10.7. The average molecular weight is 198 g/mol. The molecule has 1 heteroatoms. The Morgan fingerprint density at radius 3 is 2.14 bits per heavy atom. The molecule has 0 radical (unpaired) electrons. The maximum absolute atomic E-state index is 10.7. The fraction of sp³-hybridized carbons (Fsp3) is 1.00. The second-order valence-electron chi connectivity index (χ2n) is 6.31. The predicted octanol–water partition coefficient (Wildman–Crippen LogP) is 3.61. The Kier molecular flexibility index (Phi) is 3.30. The molecule has 1 rings (SSSR count). The van der Waals surface area contributed by atoms with Gasteiger partial charge in [0.1, 0.15) is 0 Å². The van der Waals surface area contributed by atoms with Crippen molar-refractivity contribution < 1.29 is 5.11 Å². The molecule has 84 valence electrons. The molecule has 0 amide bonds. The molecule has 0 spiro atoms. The Morgan fingerprint density at radius 2 is 1.79 bits per heavy atom. The molecule has 2 atom stereocenters. The van der Waals surface area contributed by atoms with Gasteiger partial charge in [-0.05, 0) is 30.1 Å². The Bertz CT molecular complexity index is 190. The molecule has 1 nitrogen and oxygen atoms in total. The zero-order valence-corrected chi connectivity index (χ0v) is 10.4. The molecule has 0 bridgehead atoms. The highest BCUT2D eigenvalue weighted by molar-refractivity contribution is 4.97. The normalized spacial score (nSPS) is 34.9. The summed E-state index contributed by atoms with van der Waals surface area (Å²) in [6, 6.07) is 0. The summed E-state index contributed by atoms with van der Waals surface area (Å²) in [6.07, 6.45) is 4.67. The van der Waals surface area contributed by atoms with Crippen molar-refractivity contribution in [3.63, 3.8) is 0 Å². The highest BCUT2D eigenvalue weighted by Gasteiger charge is 2.46. The highest BCUT2D eigenvalue weighted by Crippen LogP contribution is 2.47. The Morgan fingerprint density at radius 1 is 1.21 bits per heavy atom. The molecule has 0 aliphatic heterocycles. The van der Waals surface area contributed by atoms with Crippen LogP contribution in [-0.4, -0.2) is 10.7 Å². The van der Waals surface area contributed by atoms with E-state index < -0.39 is 5.60 Å². The van der Waals surface area contributed by atoms with Gasteiger partial charge >= 0.3 is 0 Å². The van der Waals surface area contributed by atoms with Crippen molar-refractivity contribution in [1.29, 1.82) is 0 Å². The van der Waals surface area contributed by atoms with Crippen molar-refractivity contribution in [3.05, 3.63) is 0 Å². The molecule has 2 unspecified atom stereocenters. The SMILES string of the molecule is CC(C)C1(O)CCCCC1C(C)(C)C. The minimum atomic E-state index is -0.420. The van der Waals surface area contributed by atoms with Crippen LogP contribution in [0.5, 0.6) is 0 Å². The van der Waals surface area contributed by atoms with E-state index in [0.29, 0.717) is 11.8 Å². The lowest BCUT2D eigenvalue weighted by atomic mass is 9.60. The lowest BCUT2D eigenvalue weighted by molar-refractivity contribution is -0.120. The maximum Gasteiger partial charge on any atom is 0.0703 e. The van der Waals surface area contributed by atoms with E-state index >= 15 is 0 Å². The largest absolute Gasteiger partial charge is 0.389 e. The maximum atomic E-state index is 10.7. The van der Waals surface area contributed by atoms with E-state index in [2.05, 4.69) is 34.6 Å². The molecule has 1 aliphatic rings. The van der Waals surface area contributed by atoms with Crippen LogP contribution in [0.1, 0.15) is 60.3 Å². The van der Waals surface area contributed by atoms with Gasteiger partial charge in [0.25, 0.3) is 0 Å². The average Bonchev–Trinajstić information content (AvgIpc) is 2.02. The van der Waals surface area contributed by atoms with Crippen LogP contribution in [0.4, 0.5) is 0 Å². The van der Waals surface area contributed by atoms with E-state index in [1.807, 2.05) is 0 Å². The van der Waals surface area contributed by atoms with Gasteiger partial charge in [-0.2, -0.15) is 0 Å². The number of hydrogen-bond acceptors (Lipinski definition) is 1. The Balaban J connectivity index is 2.89. The third-order valence-electron chi connectivity index (χ3n) is 3.97. The lowest BCUT2D eigenvalue weighted by Crippen LogP contribution is -2.50. The van der Waals surface area contributed by atoms with Gasteiger partial charge in [0.2, 0.25) is 0 Å². The van der Waals surface area contributed by atoms with Crippen LogP contribution in [0.15, 0.2) is 0 Å². The van der Waals surface area contributed by atoms with Crippen LogP contribution in [0, 0.1) is 17.3 Å². The highest BCUT2D eigenvalue weighted by atomic mass is 16.3. The van der Waals surface area contributed by atoms with Crippen LogP contribution in [0.2, 0.25) is 0 Å². The molecule has 0 saturated heterocycles. The summed E-state index contributed by atoms with van der Waals surface area (Å²) in [7, 11) is 0. The van der Waals surface area contributed by atoms with Crippen molar-refractivity contribution in [1.82, 2.24) is 0 Å². The Hall–Kier alpha value is -0.0400. The monoisotopic (exact) mass is 198 g/mol. The third-order valence-corrected chi connectivity index (χ3v) is 3.97. The zero-order chi connectivity index (χ0) is 11.0. The van der Waals surface area contributed by atoms with Gasteiger partial charge in [-0.15, -0.1) is 0 Å². The first-order valence-electron chi connectivity index (χ1n) is 6.01. The van der Waals surface area contributed by atoms with Crippen LogP contribution in [-0.2, 0) is 0 Å². The van der Waals surface area contributed by atoms with Gasteiger partial charge in [0.05, 0.1) is 5.60 Å². The van der Waals surface area contributed by atoms with Gasteiger partial charge in [-0.25, -0.2) is 0 Å². The molecule has 14 heavy (non-hydrogen) atoms. The second kappa shape index (κ2) is 3.84. The molecule has 1 saturated carbocycles. The zero-order valence-electron chi connectivity index (χ0n) is 10.4. The summed E-state index contributed by atoms with van der Waals surface area (Å²) in [6.45, 7) is 11.1. The first-order chi connectivity index (χ1) is 6.28. The predicted molar refractivity (Wildman–Crippen MR) is 61.2 cm³/mol. The molecular formula is C13H26O. The molecule has 0 aromatic rings. The van der Waals surface area contributed by atoms with E-state index in [1.165, 1.54) is 19.3 Å². The van der Waals surface area contributed by atoms with E-state index in [0.717, 1.165) is 6.42 Å². The smallest absolute Gasteiger partial charge is 0.0703 e. The first kappa shape index (κ1) is 12.0. The third kappa shape index (κ3) is 2.13. The number of rotatable bonds is 1. The molecule has 0 aromatic heterocycles. The van der Waals surface area contributed by atoms with Crippen molar-refractivity contribution in [2.45, 2.75) is 65.9 Å². The van der Waals surface area contributed by atoms with E-state index in [9.17, 15) is 5.11 Å². The molecule has 1 aliphatic carbocycles. The number of aliphatic hydroxyl groups is 1. The van der Waals surface area contributed by atoms with Crippen molar-refractivity contribution in [2.75, 3.05) is 0 Å². The summed E-state index contributed by atoms with van der Waals surface area (Å²) >= 11 is 0. The standard InChI is InChI=1S/C13H26O/c1-10(2)13(14)9-7-6-8-11(13)12(3,4)5/h10-11,14H,6-9H2,1-5H3. The van der Waals surface area contributed by atoms with Gasteiger partial charge in [-0.3, -0.25) is 0 Å². The topological polar surface area (TPSA) is 20.2 Å². The Labute approximate surface area is 88.9 Å². The van der Waals surface area contributed by atoms with Crippen molar-refractivity contribution in [2.24, 2.45) is 17.3 Å². The molecular weight excluding hydrogens is 172 g/mol. The number of hydrogen-bond donors (Lipinski definition) is 1. The summed E-state index contributed by atoms with van der Waals surface area (Å²) < 4.78 is 0. The van der Waals surface area contributed by atoms with Gasteiger partial charge < -0.3 is 5.11 Å². The van der Waals surface area contributed by atoms with Crippen LogP contribution in [0.25, 0.3) is 0 Å². The first-order valence-corrected chi connectivity index (χ1v) is 6.01. The fourth-order valence-corrected chi connectivity index (χ4v) is 3.05. The summed E-state index contributed by atoms with van der Waals surface area (Å²) in [5.74, 6) is 0.843. The minimum Gasteiger partial charge on any atom is -0.389 e. The van der Waals surface area contributed by atoms with E-state index in [4.69, 9.17) is 0 Å². The summed E-state index contributed by atoms with van der Waals surface area (Å²) in [4.78, 5) is 0. The van der Waals surface area contributed by atoms with Crippen LogP contribution >= 0.6 is 0 Å². The van der Waals surface area contributed by atoms with Crippen molar-refractivity contribution >= 4 is 0 Å². The molecule has 1 fully saturated rings. The quantitative estimate of drug-likeness (QED) is 0.682. The van der Waals surface area contributed by atoms with Gasteiger partial charge in [-0.1, -0.05) is 47.5 Å². The van der Waals surface area contributed by atoms with Gasteiger partial charge in [0, 0.05) is 0 Å². The van der Waals surface area contributed by atoms with Crippen molar-refractivity contribution in [3.8, 4) is 0 Å². The molecule has 0 heterocycles. The summed E-state index contributed by atoms with van der Waals surface area (Å²) in [5.41, 5.74) is -0.185. The molecule has 1 N–H and O–H groups in total. The second-order valence-corrected chi connectivity index (χ2v) is 6.31. The van der Waals surface area contributed by atoms with Crippen LogP contribution < -0.4 is 0 Å². The molecule has 0 aromatic carbocycles. The lowest BCUT2D eigenvalue weighted by Gasteiger charge is -2.49. The minimum absolute atomic E-state index is 0.236. The van der Waals surface area contributed by atoms with E-state index in [1.54, 1.807) is 0 Å². The van der Waals surface area contributed by atoms with Crippen LogP contribution in [0.3, 0.4) is 0 Å². The van der Waals surface area contributed by atoms with Gasteiger partial charge in [0.15, 0.2) is 0 Å². The fourth-order valence-electron chi connectivity index (χ4n) is 3.05. The van der Waals surface area contributed by atoms with E-state index in [-0.39, 0.29) is 5.41 Å².